The zero-order valence-electron chi connectivity index (χ0n) is 16.6. The van der Waals surface area contributed by atoms with Gasteiger partial charge in [-0.15, -0.1) is 0 Å². The predicted octanol–water partition coefficient (Wildman–Crippen LogP) is 4.97. The van der Waals surface area contributed by atoms with Crippen LogP contribution in [0.1, 0.15) is 37.0 Å². The SMILES string of the molecule is CC(C)(C)ONc1ccccc1NC(=O)c1ccc(-c2ccnc(CS)n2)cc1. The first-order valence-corrected chi connectivity index (χ1v) is 9.86. The molecule has 0 aliphatic rings. The minimum Gasteiger partial charge on any atom is -0.320 e. The molecule has 2 N–H and O–H groups in total. The average molecular weight is 409 g/mol. The molecule has 3 aromatic rings. The number of amides is 1. The molecule has 1 aromatic heterocycles. The molecule has 7 heteroatoms. The van der Waals surface area contributed by atoms with Gasteiger partial charge in [0.05, 0.1) is 28.4 Å². The molecule has 0 bridgehead atoms. The maximum absolute atomic E-state index is 12.7. The van der Waals surface area contributed by atoms with Crippen molar-refractivity contribution in [1.29, 1.82) is 0 Å². The van der Waals surface area contributed by atoms with Crippen LogP contribution in [0.5, 0.6) is 0 Å². The molecule has 1 amide bonds. The Bertz CT molecular complexity index is 985. The standard InChI is InChI=1S/C22H24N4O2S/c1-22(2,3)28-26-19-7-5-4-6-18(19)25-21(27)16-10-8-15(9-11-16)17-12-13-23-20(14-29)24-17/h4-13,26,29H,14H2,1-3H3,(H,25,27). The summed E-state index contributed by atoms with van der Waals surface area (Å²) in [6, 6.07) is 16.5. The Morgan fingerprint density at radius 2 is 1.72 bits per heavy atom. The van der Waals surface area contributed by atoms with E-state index in [4.69, 9.17) is 4.84 Å². The first kappa shape index (κ1) is 20.8. The minimum atomic E-state index is -0.360. The number of hydrogen-bond acceptors (Lipinski definition) is 6. The van der Waals surface area contributed by atoms with Crippen molar-refractivity contribution < 1.29 is 9.63 Å². The normalized spacial score (nSPS) is 11.2. The molecule has 6 nitrogen and oxygen atoms in total. The van der Waals surface area contributed by atoms with Crippen LogP contribution in [0.3, 0.4) is 0 Å². The van der Waals surface area contributed by atoms with Crippen LogP contribution in [-0.4, -0.2) is 21.5 Å². The molecule has 2 aromatic carbocycles. The fourth-order valence-corrected chi connectivity index (χ4v) is 2.66. The summed E-state index contributed by atoms with van der Waals surface area (Å²) >= 11 is 4.21. The zero-order chi connectivity index (χ0) is 20.9. The van der Waals surface area contributed by atoms with E-state index in [0.29, 0.717) is 28.5 Å². The summed E-state index contributed by atoms with van der Waals surface area (Å²) in [6.45, 7) is 5.83. The highest BCUT2D eigenvalue weighted by atomic mass is 32.1. The molecule has 1 heterocycles. The van der Waals surface area contributed by atoms with E-state index in [1.54, 1.807) is 18.3 Å². The van der Waals surface area contributed by atoms with E-state index >= 15 is 0 Å². The van der Waals surface area contributed by atoms with Crippen LogP contribution in [-0.2, 0) is 10.6 Å². The van der Waals surface area contributed by atoms with Gasteiger partial charge in [-0.3, -0.25) is 15.1 Å². The van der Waals surface area contributed by atoms with Gasteiger partial charge in [0.25, 0.3) is 5.91 Å². The van der Waals surface area contributed by atoms with Gasteiger partial charge in [0, 0.05) is 17.3 Å². The van der Waals surface area contributed by atoms with Crippen molar-refractivity contribution in [2.75, 3.05) is 10.8 Å². The first-order valence-electron chi connectivity index (χ1n) is 9.23. The predicted molar refractivity (Wildman–Crippen MR) is 119 cm³/mol. The second-order valence-corrected chi connectivity index (χ2v) is 7.73. The van der Waals surface area contributed by atoms with Crippen LogP contribution in [0.4, 0.5) is 11.4 Å². The summed E-state index contributed by atoms with van der Waals surface area (Å²) in [5.41, 5.74) is 6.13. The summed E-state index contributed by atoms with van der Waals surface area (Å²) in [4.78, 5) is 26.9. The topological polar surface area (TPSA) is 76.1 Å². The smallest absolute Gasteiger partial charge is 0.255 e. The van der Waals surface area contributed by atoms with E-state index in [0.717, 1.165) is 11.3 Å². The van der Waals surface area contributed by atoms with Gasteiger partial charge < -0.3 is 5.32 Å². The van der Waals surface area contributed by atoms with E-state index in [1.807, 2.05) is 63.2 Å². The first-order chi connectivity index (χ1) is 13.9. The second-order valence-electron chi connectivity index (χ2n) is 7.41. The lowest BCUT2D eigenvalue weighted by atomic mass is 10.1. The van der Waals surface area contributed by atoms with Crippen LogP contribution in [0, 0.1) is 0 Å². The molecule has 0 saturated carbocycles. The quantitative estimate of drug-likeness (QED) is 0.397. The molecular formula is C22H24N4O2S. The molecule has 3 rings (SSSR count). The highest BCUT2D eigenvalue weighted by molar-refractivity contribution is 7.79. The van der Waals surface area contributed by atoms with Crippen molar-refractivity contribution in [3.8, 4) is 11.3 Å². The minimum absolute atomic E-state index is 0.208. The van der Waals surface area contributed by atoms with Crippen LogP contribution in [0.2, 0.25) is 0 Å². The van der Waals surface area contributed by atoms with Crippen molar-refractivity contribution in [1.82, 2.24) is 9.97 Å². The molecule has 0 spiro atoms. The number of benzene rings is 2. The lowest BCUT2D eigenvalue weighted by Gasteiger charge is -2.21. The number of nitrogens with one attached hydrogen (secondary N) is 2. The van der Waals surface area contributed by atoms with E-state index in [9.17, 15) is 4.79 Å². The molecule has 0 aliphatic carbocycles. The zero-order valence-corrected chi connectivity index (χ0v) is 17.5. The third kappa shape index (κ3) is 5.79. The number of rotatable bonds is 6. The Labute approximate surface area is 176 Å². The highest BCUT2D eigenvalue weighted by Crippen LogP contribution is 2.24. The van der Waals surface area contributed by atoms with E-state index < -0.39 is 0 Å². The van der Waals surface area contributed by atoms with Crippen LogP contribution in [0.15, 0.2) is 60.8 Å². The summed E-state index contributed by atoms with van der Waals surface area (Å²) in [7, 11) is 0. The molecule has 0 unspecified atom stereocenters. The van der Waals surface area contributed by atoms with Gasteiger partial charge >= 0.3 is 0 Å². The fourth-order valence-electron chi connectivity index (χ4n) is 2.51. The van der Waals surface area contributed by atoms with Crippen molar-refractivity contribution in [3.63, 3.8) is 0 Å². The van der Waals surface area contributed by atoms with Crippen molar-refractivity contribution in [3.05, 3.63) is 72.2 Å². The molecule has 29 heavy (non-hydrogen) atoms. The van der Waals surface area contributed by atoms with Crippen molar-refractivity contribution in [2.45, 2.75) is 32.1 Å². The number of aromatic nitrogens is 2. The third-order valence-corrected chi connectivity index (χ3v) is 4.22. The monoisotopic (exact) mass is 408 g/mol. The van der Waals surface area contributed by atoms with Crippen molar-refractivity contribution >= 4 is 29.9 Å². The summed E-state index contributed by atoms with van der Waals surface area (Å²) < 4.78 is 0. The maximum atomic E-state index is 12.7. The summed E-state index contributed by atoms with van der Waals surface area (Å²) in [5, 5.41) is 2.92. The molecule has 0 radical (unpaired) electrons. The van der Waals surface area contributed by atoms with Gasteiger partial charge in [0.1, 0.15) is 5.82 Å². The van der Waals surface area contributed by atoms with Crippen molar-refractivity contribution in [2.24, 2.45) is 0 Å². The number of nitrogens with zero attached hydrogens (tertiary/aromatic N) is 2. The largest absolute Gasteiger partial charge is 0.320 e. The molecule has 0 aliphatic heterocycles. The molecule has 150 valence electrons. The lowest BCUT2D eigenvalue weighted by Crippen LogP contribution is -2.23. The van der Waals surface area contributed by atoms with Gasteiger partial charge in [-0.05, 0) is 51.1 Å². The number of anilines is 2. The van der Waals surface area contributed by atoms with Gasteiger partial charge in [0.2, 0.25) is 0 Å². The Kier molecular flexibility index (Phi) is 6.51. The Balaban J connectivity index is 1.73. The Morgan fingerprint density at radius 3 is 2.38 bits per heavy atom. The van der Waals surface area contributed by atoms with E-state index in [2.05, 4.69) is 33.4 Å². The highest BCUT2D eigenvalue weighted by Gasteiger charge is 2.14. The average Bonchev–Trinajstić information content (AvgIpc) is 2.72. The van der Waals surface area contributed by atoms with Gasteiger partial charge in [-0.2, -0.15) is 12.6 Å². The molecule has 0 fully saturated rings. The number of hydrogen-bond donors (Lipinski definition) is 3. The van der Waals surface area contributed by atoms with Gasteiger partial charge in [-0.25, -0.2) is 9.97 Å². The van der Waals surface area contributed by atoms with E-state index in [-0.39, 0.29) is 11.5 Å². The number of carbonyl (C=O) groups is 1. The molecule has 0 saturated heterocycles. The fraction of sp³-hybridized carbons (Fsp3) is 0.227. The van der Waals surface area contributed by atoms with Gasteiger partial charge in [-0.1, -0.05) is 24.3 Å². The summed E-state index contributed by atoms with van der Waals surface area (Å²) in [5.74, 6) is 0.926. The number of para-hydroxylation sites is 2. The Hall–Kier alpha value is -2.90. The molecular weight excluding hydrogens is 384 g/mol. The third-order valence-electron chi connectivity index (χ3n) is 3.93. The maximum Gasteiger partial charge on any atom is 0.255 e. The van der Waals surface area contributed by atoms with Crippen LogP contribution in [0.25, 0.3) is 11.3 Å². The Morgan fingerprint density at radius 1 is 1.03 bits per heavy atom. The lowest BCUT2D eigenvalue weighted by molar-refractivity contribution is 0.0376. The van der Waals surface area contributed by atoms with Crippen LogP contribution >= 0.6 is 12.6 Å². The summed E-state index contributed by atoms with van der Waals surface area (Å²) in [6.07, 6.45) is 1.71. The van der Waals surface area contributed by atoms with Gasteiger partial charge in [0.15, 0.2) is 0 Å². The number of thiol groups is 1. The van der Waals surface area contributed by atoms with Crippen LogP contribution < -0.4 is 10.8 Å². The van der Waals surface area contributed by atoms with E-state index in [1.165, 1.54) is 0 Å². The number of carbonyl (C=O) groups excluding carboxylic acids is 1. The second kappa shape index (κ2) is 9.07. The molecule has 0 atom stereocenters.